The SMILES string of the molecule is O=[N+]([O-])c1cc(-c2nc3ccccc3[nH]2)cc(-c2nc3ccccc3[nH]2)c1. The zero-order chi connectivity index (χ0) is 18.4. The van der Waals surface area contributed by atoms with E-state index in [0.29, 0.717) is 22.8 Å². The van der Waals surface area contributed by atoms with E-state index in [1.807, 2.05) is 54.6 Å². The lowest BCUT2D eigenvalue weighted by Crippen LogP contribution is -1.92. The molecule has 0 spiro atoms. The summed E-state index contributed by atoms with van der Waals surface area (Å²) in [5.41, 5.74) is 4.64. The molecule has 0 aliphatic rings. The Morgan fingerprint density at radius 1 is 0.741 bits per heavy atom. The van der Waals surface area contributed by atoms with Gasteiger partial charge in [-0.25, -0.2) is 9.97 Å². The topological polar surface area (TPSA) is 100 Å². The molecule has 0 saturated heterocycles. The van der Waals surface area contributed by atoms with Crippen LogP contribution in [0.1, 0.15) is 0 Å². The molecule has 2 N–H and O–H groups in total. The second-order valence-electron chi connectivity index (χ2n) is 6.23. The van der Waals surface area contributed by atoms with E-state index >= 15 is 0 Å². The Morgan fingerprint density at radius 3 is 1.67 bits per heavy atom. The van der Waals surface area contributed by atoms with Crippen LogP contribution in [0.15, 0.2) is 66.7 Å². The molecule has 0 radical (unpaired) electrons. The summed E-state index contributed by atoms with van der Waals surface area (Å²) in [6.07, 6.45) is 0. The van der Waals surface area contributed by atoms with Gasteiger partial charge in [0.2, 0.25) is 0 Å². The zero-order valence-corrected chi connectivity index (χ0v) is 14.0. The summed E-state index contributed by atoms with van der Waals surface area (Å²) in [4.78, 5) is 26.6. The normalized spacial score (nSPS) is 11.3. The third-order valence-corrected chi connectivity index (χ3v) is 4.45. The minimum absolute atomic E-state index is 0.0107. The van der Waals surface area contributed by atoms with Crippen LogP contribution in [0.2, 0.25) is 0 Å². The van der Waals surface area contributed by atoms with E-state index < -0.39 is 4.92 Å². The summed E-state index contributed by atoms with van der Waals surface area (Å²) in [6.45, 7) is 0. The molecule has 5 rings (SSSR count). The first-order valence-corrected chi connectivity index (χ1v) is 8.37. The van der Waals surface area contributed by atoms with Gasteiger partial charge in [0.15, 0.2) is 0 Å². The van der Waals surface area contributed by atoms with Crippen molar-refractivity contribution in [2.75, 3.05) is 0 Å². The molecular formula is C20H13N5O2. The van der Waals surface area contributed by atoms with E-state index in [1.54, 1.807) is 0 Å². The largest absolute Gasteiger partial charge is 0.338 e. The molecule has 0 amide bonds. The van der Waals surface area contributed by atoms with E-state index in [1.165, 1.54) is 12.1 Å². The van der Waals surface area contributed by atoms with Crippen LogP contribution in [-0.2, 0) is 0 Å². The lowest BCUT2D eigenvalue weighted by Gasteiger charge is -2.02. The van der Waals surface area contributed by atoms with Crippen molar-refractivity contribution >= 4 is 27.8 Å². The van der Waals surface area contributed by atoms with Gasteiger partial charge < -0.3 is 9.97 Å². The number of nitro benzene ring substituents is 1. The maximum Gasteiger partial charge on any atom is 0.270 e. The monoisotopic (exact) mass is 355 g/mol. The molecule has 7 heteroatoms. The maximum absolute atomic E-state index is 11.5. The van der Waals surface area contributed by atoms with Gasteiger partial charge in [-0.3, -0.25) is 10.1 Å². The summed E-state index contributed by atoms with van der Waals surface area (Å²) in [5, 5.41) is 11.5. The summed E-state index contributed by atoms with van der Waals surface area (Å²) >= 11 is 0. The highest BCUT2D eigenvalue weighted by Crippen LogP contribution is 2.31. The number of imidazole rings is 2. The van der Waals surface area contributed by atoms with Gasteiger partial charge in [0, 0.05) is 23.3 Å². The van der Waals surface area contributed by atoms with Crippen molar-refractivity contribution in [2.45, 2.75) is 0 Å². The quantitative estimate of drug-likeness (QED) is 0.362. The second kappa shape index (κ2) is 5.77. The third kappa shape index (κ3) is 2.62. The molecule has 7 nitrogen and oxygen atoms in total. The predicted octanol–water partition coefficient (Wildman–Crippen LogP) is 4.68. The van der Waals surface area contributed by atoms with E-state index in [-0.39, 0.29) is 5.69 Å². The Labute approximate surface area is 152 Å². The Balaban J connectivity index is 1.70. The van der Waals surface area contributed by atoms with Crippen LogP contribution in [-0.4, -0.2) is 24.9 Å². The fourth-order valence-electron chi connectivity index (χ4n) is 3.17. The molecule has 2 heterocycles. The standard InChI is InChI=1S/C20H13N5O2/c26-25(27)14-10-12(19-21-15-5-1-2-6-16(15)22-19)9-13(11-14)20-23-17-7-3-4-8-18(17)24-20/h1-11H,(H,21,22)(H,23,24). The minimum atomic E-state index is -0.404. The van der Waals surface area contributed by atoms with Gasteiger partial charge in [0.05, 0.1) is 27.0 Å². The van der Waals surface area contributed by atoms with E-state index in [9.17, 15) is 10.1 Å². The lowest BCUT2D eigenvalue weighted by molar-refractivity contribution is -0.384. The van der Waals surface area contributed by atoms with Gasteiger partial charge >= 0.3 is 0 Å². The molecule has 0 fully saturated rings. The molecule has 2 aromatic heterocycles. The van der Waals surface area contributed by atoms with Gasteiger partial charge in [0.1, 0.15) is 11.6 Å². The first kappa shape index (κ1) is 15.3. The highest BCUT2D eigenvalue weighted by molar-refractivity contribution is 5.83. The Morgan fingerprint density at radius 2 is 1.22 bits per heavy atom. The van der Waals surface area contributed by atoms with Crippen LogP contribution < -0.4 is 0 Å². The van der Waals surface area contributed by atoms with E-state index in [4.69, 9.17) is 0 Å². The number of nitrogens with one attached hydrogen (secondary N) is 2. The van der Waals surface area contributed by atoms with Crippen LogP contribution >= 0.6 is 0 Å². The predicted molar refractivity (Wildman–Crippen MR) is 103 cm³/mol. The minimum Gasteiger partial charge on any atom is -0.338 e. The van der Waals surface area contributed by atoms with Crippen LogP contribution in [0.3, 0.4) is 0 Å². The molecule has 3 aromatic carbocycles. The number of fused-ring (bicyclic) bond motifs is 2. The van der Waals surface area contributed by atoms with E-state index in [2.05, 4.69) is 19.9 Å². The number of hydrogen-bond donors (Lipinski definition) is 2. The summed E-state index contributed by atoms with van der Waals surface area (Å²) in [7, 11) is 0. The number of rotatable bonds is 3. The van der Waals surface area contributed by atoms with Crippen LogP contribution in [0.4, 0.5) is 5.69 Å². The molecule has 5 aromatic rings. The van der Waals surface area contributed by atoms with Gasteiger partial charge in [0.25, 0.3) is 5.69 Å². The van der Waals surface area contributed by atoms with Crippen molar-refractivity contribution in [3.05, 3.63) is 76.8 Å². The molecular weight excluding hydrogens is 342 g/mol. The van der Waals surface area contributed by atoms with Crippen molar-refractivity contribution < 1.29 is 4.92 Å². The number of benzene rings is 3. The van der Waals surface area contributed by atoms with Gasteiger partial charge in [-0.2, -0.15) is 0 Å². The fraction of sp³-hybridized carbons (Fsp3) is 0. The van der Waals surface area contributed by atoms with E-state index in [0.717, 1.165) is 22.1 Å². The Bertz CT molecular complexity index is 1160. The summed E-state index contributed by atoms with van der Waals surface area (Å²) in [5.74, 6) is 1.16. The number of aromatic nitrogens is 4. The number of hydrogen-bond acceptors (Lipinski definition) is 4. The van der Waals surface area contributed by atoms with Gasteiger partial charge in [-0.05, 0) is 30.3 Å². The first-order chi connectivity index (χ1) is 13.2. The van der Waals surface area contributed by atoms with Crippen LogP contribution in [0.5, 0.6) is 0 Å². The number of nitro groups is 1. The number of para-hydroxylation sites is 4. The fourth-order valence-corrected chi connectivity index (χ4v) is 3.17. The molecule has 0 unspecified atom stereocenters. The Hall–Kier alpha value is -4.00. The summed E-state index contributed by atoms with van der Waals surface area (Å²) in [6, 6.07) is 20.2. The van der Waals surface area contributed by atoms with Gasteiger partial charge in [-0.15, -0.1) is 0 Å². The van der Waals surface area contributed by atoms with Crippen LogP contribution in [0.25, 0.3) is 44.8 Å². The average molecular weight is 355 g/mol. The molecule has 130 valence electrons. The number of non-ortho nitro benzene ring substituents is 1. The van der Waals surface area contributed by atoms with Crippen LogP contribution in [0, 0.1) is 10.1 Å². The zero-order valence-electron chi connectivity index (χ0n) is 14.0. The highest BCUT2D eigenvalue weighted by Gasteiger charge is 2.16. The molecule has 27 heavy (non-hydrogen) atoms. The number of H-pyrrole nitrogens is 2. The third-order valence-electron chi connectivity index (χ3n) is 4.45. The number of aromatic amines is 2. The molecule has 0 aliphatic carbocycles. The van der Waals surface area contributed by atoms with Crippen molar-refractivity contribution in [2.24, 2.45) is 0 Å². The van der Waals surface area contributed by atoms with Crippen molar-refractivity contribution in [3.63, 3.8) is 0 Å². The van der Waals surface area contributed by atoms with Gasteiger partial charge in [-0.1, -0.05) is 24.3 Å². The molecule has 0 bridgehead atoms. The molecule has 0 aliphatic heterocycles. The van der Waals surface area contributed by atoms with Crippen molar-refractivity contribution in [3.8, 4) is 22.8 Å². The highest BCUT2D eigenvalue weighted by atomic mass is 16.6. The Kier molecular flexibility index (Phi) is 3.26. The molecule has 0 atom stereocenters. The van der Waals surface area contributed by atoms with Crippen molar-refractivity contribution in [1.29, 1.82) is 0 Å². The second-order valence-corrected chi connectivity index (χ2v) is 6.23. The smallest absolute Gasteiger partial charge is 0.270 e. The lowest BCUT2D eigenvalue weighted by atomic mass is 10.1. The average Bonchev–Trinajstić information content (AvgIpc) is 3.31. The number of nitrogens with zero attached hydrogens (tertiary/aromatic N) is 3. The first-order valence-electron chi connectivity index (χ1n) is 8.37. The maximum atomic E-state index is 11.5. The summed E-state index contributed by atoms with van der Waals surface area (Å²) < 4.78 is 0. The molecule has 0 saturated carbocycles. The van der Waals surface area contributed by atoms with Crippen molar-refractivity contribution in [1.82, 2.24) is 19.9 Å².